The second-order valence-corrected chi connectivity index (χ2v) is 5.77. The summed E-state index contributed by atoms with van der Waals surface area (Å²) in [6.07, 6.45) is 6.23. The third-order valence-corrected chi connectivity index (χ3v) is 4.03. The fourth-order valence-corrected chi connectivity index (χ4v) is 2.78. The van der Waals surface area contributed by atoms with E-state index in [9.17, 15) is 9.60 Å². The molecule has 0 atom stereocenters. The number of amidine groups is 1. The zero-order valence-corrected chi connectivity index (χ0v) is 13.4. The molecule has 1 aliphatic heterocycles. The molecular formula is C18H20FN3O2. The summed E-state index contributed by atoms with van der Waals surface area (Å²) in [6, 6.07) is 9.28. The Hall–Kier alpha value is -2.63. The van der Waals surface area contributed by atoms with Gasteiger partial charge >= 0.3 is 0 Å². The lowest BCUT2D eigenvalue weighted by Gasteiger charge is -2.23. The van der Waals surface area contributed by atoms with Crippen molar-refractivity contribution in [3.63, 3.8) is 0 Å². The van der Waals surface area contributed by atoms with E-state index in [1.54, 1.807) is 24.4 Å². The van der Waals surface area contributed by atoms with Crippen LogP contribution in [0.4, 0.5) is 4.39 Å². The van der Waals surface area contributed by atoms with E-state index in [1.807, 2.05) is 6.07 Å². The number of aromatic nitrogens is 1. The molecule has 0 unspecified atom stereocenters. The van der Waals surface area contributed by atoms with Crippen LogP contribution < -0.4 is 4.74 Å². The zero-order chi connectivity index (χ0) is 16.8. The normalized spacial score (nSPS) is 15.9. The van der Waals surface area contributed by atoms with Gasteiger partial charge in [0.1, 0.15) is 11.6 Å². The third kappa shape index (κ3) is 4.01. The lowest BCUT2D eigenvalue weighted by molar-refractivity contribution is 0.301. The summed E-state index contributed by atoms with van der Waals surface area (Å²) in [4.78, 5) is 6.34. The minimum atomic E-state index is -0.313. The van der Waals surface area contributed by atoms with E-state index in [2.05, 4.69) is 15.0 Å². The van der Waals surface area contributed by atoms with Gasteiger partial charge in [0.15, 0.2) is 5.84 Å². The number of halogens is 1. The average Bonchev–Trinajstić information content (AvgIpc) is 2.89. The molecule has 3 rings (SSSR count). The number of nitrogens with zero attached hydrogens (tertiary/aromatic N) is 3. The molecule has 1 saturated heterocycles. The second kappa shape index (κ2) is 7.77. The van der Waals surface area contributed by atoms with Gasteiger partial charge in [-0.25, -0.2) is 9.37 Å². The van der Waals surface area contributed by atoms with Crippen molar-refractivity contribution in [2.75, 3.05) is 13.1 Å². The number of rotatable bonds is 3. The number of benzene rings is 1. The van der Waals surface area contributed by atoms with Gasteiger partial charge in [0.05, 0.1) is 0 Å². The quantitative estimate of drug-likeness (QED) is 0.400. The van der Waals surface area contributed by atoms with Gasteiger partial charge in [-0.05, 0) is 43.2 Å². The van der Waals surface area contributed by atoms with Gasteiger partial charge in [0.25, 0.3) is 0 Å². The molecule has 0 radical (unpaired) electrons. The van der Waals surface area contributed by atoms with Crippen molar-refractivity contribution in [3.8, 4) is 11.6 Å². The van der Waals surface area contributed by atoms with E-state index in [1.165, 1.54) is 25.0 Å². The van der Waals surface area contributed by atoms with Gasteiger partial charge in [0, 0.05) is 30.9 Å². The Balaban J connectivity index is 1.71. The summed E-state index contributed by atoms with van der Waals surface area (Å²) in [6.45, 7) is 1.76. The van der Waals surface area contributed by atoms with Crippen molar-refractivity contribution >= 4 is 5.84 Å². The second-order valence-electron chi connectivity index (χ2n) is 5.77. The number of ether oxygens (including phenoxy) is 1. The van der Waals surface area contributed by atoms with Crippen molar-refractivity contribution < 1.29 is 14.3 Å². The van der Waals surface area contributed by atoms with Crippen molar-refractivity contribution in [3.05, 3.63) is 54.0 Å². The molecule has 0 amide bonds. The van der Waals surface area contributed by atoms with Gasteiger partial charge in [-0.15, -0.1) is 0 Å². The maximum Gasteiger partial charge on any atom is 0.219 e. The molecule has 1 N–H and O–H groups in total. The summed E-state index contributed by atoms with van der Waals surface area (Å²) in [5.41, 5.74) is 0.742. The van der Waals surface area contributed by atoms with Crippen molar-refractivity contribution in [1.82, 2.24) is 9.88 Å². The first-order valence-electron chi connectivity index (χ1n) is 8.13. The van der Waals surface area contributed by atoms with Crippen LogP contribution in [-0.2, 0) is 0 Å². The summed E-state index contributed by atoms with van der Waals surface area (Å²) in [5.74, 6) is 1.14. The number of oxime groups is 1. The van der Waals surface area contributed by atoms with Crippen LogP contribution in [0.5, 0.6) is 11.6 Å². The molecule has 0 aliphatic carbocycles. The predicted octanol–water partition coefficient (Wildman–Crippen LogP) is 4.02. The molecule has 2 heterocycles. The first kappa shape index (κ1) is 16.2. The Morgan fingerprint density at radius 3 is 2.33 bits per heavy atom. The minimum absolute atomic E-state index is 0.313. The summed E-state index contributed by atoms with van der Waals surface area (Å²) in [5, 5.41) is 12.9. The monoisotopic (exact) mass is 329 g/mol. The first-order valence-corrected chi connectivity index (χ1v) is 8.13. The highest BCUT2D eigenvalue weighted by molar-refractivity contribution is 5.98. The lowest BCUT2D eigenvalue weighted by atomic mass is 10.2. The summed E-state index contributed by atoms with van der Waals surface area (Å²) in [7, 11) is 0. The van der Waals surface area contributed by atoms with Crippen LogP contribution >= 0.6 is 0 Å². The molecule has 5 nitrogen and oxygen atoms in total. The van der Waals surface area contributed by atoms with E-state index in [0.717, 1.165) is 31.5 Å². The Morgan fingerprint density at radius 2 is 1.75 bits per heavy atom. The lowest BCUT2D eigenvalue weighted by Crippen LogP contribution is -2.32. The van der Waals surface area contributed by atoms with Crippen molar-refractivity contribution in [2.24, 2.45) is 5.16 Å². The fraction of sp³-hybridized carbons (Fsp3) is 0.333. The smallest absolute Gasteiger partial charge is 0.219 e. The van der Waals surface area contributed by atoms with Crippen LogP contribution in [0.1, 0.15) is 31.2 Å². The number of hydrogen-bond acceptors (Lipinski definition) is 4. The summed E-state index contributed by atoms with van der Waals surface area (Å²) >= 11 is 0. The first-order chi connectivity index (χ1) is 11.8. The average molecular weight is 329 g/mol. The molecule has 1 aromatic heterocycles. The Bertz CT molecular complexity index is 678. The molecule has 24 heavy (non-hydrogen) atoms. The molecule has 6 heteroatoms. The minimum Gasteiger partial charge on any atom is -0.439 e. The van der Waals surface area contributed by atoms with Gasteiger partial charge in [-0.2, -0.15) is 0 Å². The highest BCUT2D eigenvalue weighted by atomic mass is 19.1. The van der Waals surface area contributed by atoms with E-state index in [4.69, 9.17) is 4.74 Å². The van der Waals surface area contributed by atoms with E-state index in [0.29, 0.717) is 17.5 Å². The van der Waals surface area contributed by atoms with Gasteiger partial charge in [-0.3, -0.25) is 0 Å². The number of likely N-dealkylation sites (tertiary alicyclic amines) is 1. The largest absolute Gasteiger partial charge is 0.439 e. The number of hydrogen-bond donors (Lipinski definition) is 1. The Labute approximate surface area is 140 Å². The topological polar surface area (TPSA) is 58.0 Å². The molecule has 1 fully saturated rings. The SMILES string of the molecule is O/N=C(/c1ccc(Oc2ccc(F)cc2)nc1)N1CCCCCC1. The maximum atomic E-state index is 12.9. The third-order valence-electron chi connectivity index (χ3n) is 4.03. The van der Waals surface area contributed by atoms with Crippen LogP contribution in [0.15, 0.2) is 47.8 Å². The Kier molecular flexibility index (Phi) is 5.25. The van der Waals surface area contributed by atoms with Crippen LogP contribution in [0, 0.1) is 5.82 Å². The van der Waals surface area contributed by atoms with Crippen LogP contribution in [0.3, 0.4) is 0 Å². The fourth-order valence-electron chi connectivity index (χ4n) is 2.78. The van der Waals surface area contributed by atoms with Crippen LogP contribution in [-0.4, -0.2) is 34.0 Å². The van der Waals surface area contributed by atoms with E-state index < -0.39 is 0 Å². The summed E-state index contributed by atoms with van der Waals surface area (Å²) < 4.78 is 18.5. The van der Waals surface area contributed by atoms with E-state index in [-0.39, 0.29) is 5.82 Å². The van der Waals surface area contributed by atoms with Gasteiger partial charge < -0.3 is 14.8 Å². The van der Waals surface area contributed by atoms with Gasteiger partial charge in [-0.1, -0.05) is 18.0 Å². The van der Waals surface area contributed by atoms with Crippen LogP contribution in [0.25, 0.3) is 0 Å². The van der Waals surface area contributed by atoms with E-state index >= 15 is 0 Å². The Morgan fingerprint density at radius 1 is 1.04 bits per heavy atom. The molecule has 126 valence electrons. The molecule has 0 saturated carbocycles. The predicted molar refractivity (Wildman–Crippen MR) is 89.1 cm³/mol. The highest BCUT2D eigenvalue weighted by Crippen LogP contribution is 2.20. The van der Waals surface area contributed by atoms with Crippen LogP contribution in [0.2, 0.25) is 0 Å². The molecule has 0 bridgehead atoms. The van der Waals surface area contributed by atoms with Crippen molar-refractivity contribution in [2.45, 2.75) is 25.7 Å². The highest BCUT2D eigenvalue weighted by Gasteiger charge is 2.16. The molecular weight excluding hydrogens is 309 g/mol. The molecule has 1 aliphatic rings. The molecule has 2 aromatic rings. The standard InChI is InChI=1S/C18H20FN3O2/c19-15-6-8-16(9-7-15)24-17-10-5-14(13-20-17)18(21-23)22-11-3-1-2-4-12-22/h5-10,13,23H,1-4,11-12H2/b21-18-. The maximum absolute atomic E-state index is 12.9. The molecule has 1 aromatic carbocycles. The van der Waals surface area contributed by atoms with Gasteiger partial charge in [0.2, 0.25) is 5.88 Å². The molecule has 0 spiro atoms. The zero-order valence-electron chi connectivity index (χ0n) is 13.4. The number of pyridine rings is 1. The van der Waals surface area contributed by atoms with Crippen molar-refractivity contribution in [1.29, 1.82) is 0 Å².